The number of hydrogen-bond donors (Lipinski definition) is 0. The topological polar surface area (TPSA) is 23.8 Å². The third kappa shape index (κ3) is 1.42. The van der Waals surface area contributed by atoms with Crippen LogP contribution in [-0.2, 0) is 0 Å². The highest BCUT2D eigenvalue weighted by atomic mass is 14.4. The van der Waals surface area contributed by atoms with Gasteiger partial charge in [0.1, 0.15) is 0 Å². The fourth-order valence-corrected chi connectivity index (χ4v) is 3.39. The quantitative estimate of drug-likeness (QED) is 0.675. The maximum atomic E-state index is 9.67. The van der Waals surface area contributed by atoms with Crippen molar-refractivity contribution in [2.75, 3.05) is 0 Å². The third-order valence-electron chi connectivity index (χ3n) is 4.27. The number of benzene rings is 2. The van der Waals surface area contributed by atoms with Crippen LogP contribution in [0.3, 0.4) is 0 Å². The zero-order valence-corrected chi connectivity index (χ0v) is 11.0. The lowest BCUT2D eigenvalue weighted by Gasteiger charge is -2.10. The summed E-state index contributed by atoms with van der Waals surface area (Å²) in [7, 11) is 0. The standard InChI is InChI=1S/C19H13N/c20-12-18-16-9-3-1-2-8-15(16)17-11-10-13-6-4-5-7-14(13)19(17)18/h1-11,16,18H/t16-,18+/m1/s1. The molecule has 0 unspecified atom stereocenters. The van der Waals surface area contributed by atoms with Gasteiger partial charge in [0.05, 0.1) is 12.0 Å². The molecule has 2 aliphatic carbocycles. The number of nitrogens with zero attached hydrogens (tertiary/aromatic N) is 1. The molecule has 2 atom stereocenters. The van der Waals surface area contributed by atoms with E-state index in [2.05, 4.69) is 54.6 Å². The van der Waals surface area contributed by atoms with E-state index in [1.54, 1.807) is 0 Å². The molecule has 2 aromatic carbocycles. The zero-order valence-electron chi connectivity index (χ0n) is 11.0. The summed E-state index contributed by atoms with van der Waals surface area (Å²) in [4.78, 5) is 0. The van der Waals surface area contributed by atoms with Gasteiger partial charge in [-0.05, 0) is 27.5 Å². The second-order valence-electron chi connectivity index (χ2n) is 5.27. The summed E-state index contributed by atoms with van der Waals surface area (Å²) in [6.07, 6.45) is 10.4. The number of nitriles is 1. The van der Waals surface area contributed by atoms with Crippen molar-refractivity contribution in [3.63, 3.8) is 0 Å². The van der Waals surface area contributed by atoms with Crippen LogP contribution in [0.5, 0.6) is 0 Å². The Bertz CT molecular complexity index is 830. The Hall–Kier alpha value is -2.59. The molecular weight excluding hydrogens is 242 g/mol. The first-order valence-electron chi connectivity index (χ1n) is 6.87. The Morgan fingerprint density at radius 2 is 1.85 bits per heavy atom. The van der Waals surface area contributed by atoms with Crippen LogP contribution in [0.15, 0.2) is 66.8 Å². The van der Waals surface area contributed by atoms with Crippen molar-refractivity contribution in [3.05, 3.63) is 77.9 Å². The van der Waals surface area contributed by atoms with Gasteiger partial charge < -0.3 is 0 Å². The van der Waals surface area contributed by atoms with Crippen LogP contribution in [0.25, 0.3) is 16.3 Å². The van der Waals surface area contributed by atoms with E-state index in [4.69, 9.17) is 0 Å². The number of allylic oxidation sites excluding steroid dienone is 6. The minimum Gasteiger partial charge on any atom is -0.198 e. The van der Waals surface area contributed by atoms with Crippen molar-refractivity contribution >= 4 is 16.3 Å². The Morgan fingerprint density at radius 1 is 0.950 bits per heavy atom. The van der Waals surface area contributed by atoms with Gasteiger partial charge in [0.15, 0.2) is 0 Å². The van der Waals surface area contributed by atoms with E-state index in [9.17, 15) is 5.26 Å². The van der Waals surface area contributed by atoms with Crippen LogP contribution >= 0.6 is 0 Å². The summed E-state index contributed by atoms with van der Waals surface area (Å²) in [6.45, 7) is 0. The molecule has 0 N–H and O–H groups in total. The van der Waals surface area contributed by atoms with Crippen LogP contribution in [0.1, 0.15) is 17.0 Å². The highest BCUT2D eigenvalue weighted by Gasteiger charge is 2.36. The minimum atomic E-state index is -0.0847. The van der Waals surface area contributed by atoms with Gasteiger partial charge in [-0.15, -0.1) is 0 Å². The Kier molecular flexibility index (Phi) is 2.37. The zero-order chi connectivity index (χ0) is 13.5. The van der Waals surface area contributed by atoms with E-state index in [1.165, 1.54) is 27.5 Å². The molecule has 0 heterocycles. The van der Waals surface area contributed by atoms with Crippen LogP contribution < -0.4 is 0 Å². The molecule has 0 amide bonds. The van der Waals surface area contributed by atoms with E-state index >= 15 is 0 Å². The third-order valence-corrected chi connectivity index (χ3v) is 4.27. The van der Waals surface area contributed by atoms with Gasteiger partial charge in [0, 0.05) is 5.92 Å². The van der Waals surface area contributed by atoms with E-state index in [1.807, 2.05) is 18.2 Å². The molecule has 1 heteroatoms. The molecule has 0 saturated heterocycles. The smallest absolute Gasteiger partial charge is 0.0828 e. The Labute approximate surface area is 118 Å². The summed E-state index contributed by atoms with van der Waals surface area (Å²) in [6, 6.07) is 15.2. The maximum Gasteiger partial charge on any atom is 0.0828 e. The molecule has 0 radical (unpaired) electrons. The normalized spacial score (nSPS) is 22.9. The summed E-state index contributed by atoms with van der Waals surface area (Å²) in [5.74, 6) is 0.0920. The Balaban J connectivity index is 2.09. The minimum absolute atomic E-state index is 0.0847. The summed E-state index contributed by atoms with van der Waals surface area (Å²) in [5.41, 5.74) is 3.69. The number of rotatable bonds is 0. The molecular formula is C19H13N. The summed E-state index contributed by atoms with van der Waals surface area (Å²) in [5, 5.41) is 12.1. The molecule has 94 valence electrons. The highest BCUT2D eigenvalue weighted by Crippen LogP contribution is 2.49. The second kappa shape index (κ2) is 4.21. The van der Waals surface area contributed by atoms with Crippen molar-refractivity contribution < 1.29 is 0 Å². The predicted molar refractivity (Wildman–Crippen MR) is 82.0 cm³/mol. The first kappa shape index (κ1) is 11.3. The molecule has 0 aliphatic heterocycles. The lowest BCUT2D eigenvalue weighted by molar-refractivity contribution is 0.779. The second-order valence-corrected chi connectivity index (χ2v) is 5.27. The Morgan fingerprint density at radius 3 is 2.75 bits per heavy atom. The van der Waals surface area contributed by atoms with Crippen molar-refractivity contribution in [2.24, 2.45) is 5.92 Å². The molecule has 2 aromatic rings. The van der Waals surface area contributed by atoms with Gasteiger partial charge in [0.2, 0.25) is 0 Å². The maximum absolute atomic E-state index is 9.67. The van der Waals surface area contributed by atoms with Crippen LogP contribution in [0, 0.1) is 17.2 Å². The van der Waals surface area contributed by atoms with E-state index in [0.29, 0.717) is 0 Å². The van der Waals surface area contributed by atoms with Crippen LogP contribution in [0.2, 0.25) is 0 Å². The SMILES string of the molecule is N#C[C@@H]1c2c(ccc3ccccc23)C2=CC=CC=C[C@H]21. The summed E-state index contributed by atoms with van der Waals surface area (Å²) >= 11 is 0. The fourth-order valence-electron chi connectivity index (χ4n) is 3.39. The van der Waals surface area contributed by atoms with E-state index in [0.717, 1.165) is 0 Å². The van der Waals surface area contributed by atoms with Crippen molar-refractivity contribution in [2.45, 2.75) is 5.92 Å². The molecule has 0 saturated carbocycles. The fraction of sp³-hybridized carbons (Fsp3) is 0.105. The average molecular weight is 255 g/mol. The van der Waals surface area contributed by atoms with Crippen LogP contribution in [-0.4, -0.2) is 0 Å². The van der Waals surface area contributed by atoms with Crippen molar-refractivity contribution in [1.29, 1.82) is 5.26 Å². The molecule has 4 rings (SSSR count). The van der Waals surface area contributed by atoms with Crippen molar-refractivity contribution in [3.8, 4) is 6.07 Å². The molecule has 2 aliphatic rings. The van der Waals surface area contributed by atoms with E-state index in [-0.39, 0.29) is 11.8 Å². The van der Waals surface area contributed by atoms with Gasteiger partial charge in [-0.25, -0.2) is 0 Å². The molecule has 0 bridgehead atoms. The lowest BCUT2D eigenvalue weighted by Crippen LogP contribution is -2.01. The monoisotopic (exact) mass is 255 g/mol. The largest absolute Gasteiger partial charge is 0.198 e. The first-order chi connectivity index (χ1) is 9.90. The molecule has 1 nitrogen and oxygen atoms in total. The van der Waals surface area contributed by atoms with Gasteiger partial charge in [0.25, 0.3) is 0 Å². The van der Waals surface area contributed by atoms with Gasteiger partial charge in [-0.2, -0.15) is 5.26 Å². The molecule has 0 spiro atoms. The predicted octanol–water partition coefficient (Wildman–Crippen LogP) is 4.59. The number of hydrogen-bond acceptors (Lipinski definition) is 1. The van der Waals surface area contributed by atoms with E-state index < -0.39 is 0 Å². The van der Waals surface area contributed by atoms with Gasteiger partial charge in [-0.3, -0.25) is 0 Å². The number of fused-ring (bicyclic) bond motifs is 5. The first-order valence-corrected chi connectivity index (χ1v) is 6.87. The molecule has 0 fully saturated rings. The highest BCUT2D eigenvalue weighted by molar-refractivity contribution is 5.95. The average Bonchev–Trinajstić information content (AvgIpc) is 2.64. The lowest BCUT2D eigenvalue weighted by atomic mass is 9.90. The van der Waals surface area contributed by atoms with Crippen molar-refractivity contribution in [1.82, 2.24) is 0 Å². The molecule has 0 aromatic heterocycles. The summed E-state index contributed by atoms with van der Waals surface area (Å²) < 4.78 is 0. The van der Waals surface area contributed by atoms with Gasteiger partial charge >= 0.3 is 0 Å². The molecule has 20 heavy (non-hydrogen) atoms. The van der Waals surface area contributed by atoms with Gasteiger partial charge in [-0.1, -0.05) is 66.8 Å². The van der Waals surface area contributed by atoms with Crippen LogP contribution in [0.4, 0.5) is 0 Å².